The Labute approximate surface area is 149 Å². The molecule has 0 unspecified atom stereocenters. The van der Waals surface area contributed by atoms with Crippen molar-refractivity contribution in [1.29, 1.82) is 0 Å². The van der Waals surface area contributed by atoms with E-state index in [0.29, 0.717) is 17.8 Å². The van der Waals surface area contributed by atoms with Crippen LogP contribution in [-0.4, -0.2) is 22.8 Å². The minimum atomic E-state index is -0.616. The van der Waals surface area contributed by atoms with E-state index >= 15 is 0 Å². The van der Waals surface area contributed by atoms with Crippen LogP contribution in [0.3, 0.4) is 0 Å². The molecular weight excluding hydrogens is 337 g/mol. The van der Waals surface area contributed by atoms with E-state index in [1.54, 1.807) is 13.2 Å². The van der Waals surface area contributed by atoms with Gasteiger partial charge in [0.15, 0.2) is 5.69 Å². The number of nitrogens with zero attached hydrogens (tertiary/aromatic N) is 2. The van der Waals surface area contributed by atoms with Crippen molar-refractivity contribution >= 4 is 16.8 Å². The van der Waals surface area contributed by atoms with Crippen LogP contribution >= 0.6 is 0 Å². The van der Waals surface area contributed by atoms with Gasteiger partial charge in [0, 0.05) is 18.7 Å². The van der Waals surface area contributed by atoms with Crippen molar-refractivity contribution in [2.24, 2.45) is 0 Å². The van der Waals surface area contributed by atoms with Crippen molar-refractivity contribution in [1.82, 2.24) is 15.1 Å². The van der Waals surface area contributed by atoms with E-state index < -0.39 is 17.2 Å². The molecule has 134 valence electrons. The molecule has 3 rings (SSSR count). The van der Waals surface area contributed by atoms with Gasteiger partial charge in [0.05, 0.1) is 18.0 Å². The maximum Gasteiger partial charge on any atom is 0.276 e. The SMILES string of the molecule is CCn1nc(C(=O)NCc2ccccc2OC)c(=O)c2cc(F)ccc21. The molecule has 1 amide bonds. The molecule has 3 aromatic rings. The lowest BCUT2D eigenvalue weighted by atomic mass is 10.1. The van der Waals surface area contributed by atoms with E-state index in [2.05, 4.69) is 10.4 Å². The molecule has 6 nitrogen and oxygen atoms in total. The predicted octanol–water partition coefficient (Wildman–Crippen LogP) is 2.49. The second kappa shape index (κ2) is 7.35. The predicted molar refractivity (Wildman–Crippen MR) is 95.8 cm³/mol. The average Bonchev–Trinajstić information content (AvgIpc) is 2.67. The van der Waals surface area contributed by atoms with Crippen LogP contribution in [0.5, 0.6) is 5.75 Å². The average molecular weight is 355 g/mol. The van der Waals surface area contributed by atoms with Crippen molar-refractivity contribution in [3.63, 3.8) is 0 Å². The molecule has 0 fully saturated rings. The van der Waals surface area contributed by atoms with Gasteiger partial charge in [0.2, 0.25) is 5.43 Å². The summed E-state index contributed by atoms with van der Waals surface area (Å²) in [5, 5.41) is 6.94. The topological polar surface area (TPSA) is 73.2 Å². The third-order valence-electron chi connectivity index (χ3n) is 4.06. The van der Waals surface area contributed by atoms with Gasteiger partial charge in [-0.15, -0.1) is 0 Å². The van der Waals surface area contributed by atoms with Crippen molar-refractivity contribution < 1.29 is 13.9 Å². The largest absolute Gasteiger partial charge is 0.496 e. The van der Waals surface area contributed by atoms with Crippen molar-refractivity contribution in [3.8, 4) is 5.75 Å². The van der Waals surface area contributed by atoms with Crippen LogP contribution in [0, 0.1) is 5.82 Å². The van der Waals surface area contributed by atoms with Crippen LogP contribution in [-0.2, 0) is 13.1 Å². The zero-order valence-corrected chi connectivity index (χ0v) is 14.5. The van der Waals surface area contributed by atoms with Crippen molar-refractivity contribution in [2.75, 3.05) is 7.11 Å². The lowest BCUT2D eigenvalue weighted by Crippen LogP contribution is -2.32. The summed E-state index contributed by atoms with van der Waals surface area (Å²) >= 11 is 0. The zero-order chi connectivity index (χ0) is 18.7. The number of benzene rings is 2. The highest BCUT2D eigenvalue weighted by molar-refractivity contribution is 5.95. The molecule has 7 heteroatoms. The minimum Gasteiger partial charge on any atom is -0.496 e. The first kappa shape index (κ1) is 17.6. The van der Waals surface area contributed by atoms with Gasteiger partial charge in [0.25, 0.3) is 5.91 Å². The second-order valence-corrected chi connectivity index (χ2v) is 5.65. The summed E-state index contributed by atoms with van der Waals surface area (Å²) in [6, 6.07) is 11.1. The Kier molecular flexibility index (Phi) is 4.97. The monoisotopic (exact) mass is 355 g/mol. The maximum absolute atomic E-state index is 13.6. The highest BCUT2D eigenvalue weighted by atomic mass is 19.1. The molecular formula is C19H18FN3O3. The van der Waals surface area contributed by atoms with Gasteiger partial charge in [0.1, 0.15) is 11.6 Å². The molecule has 0 aliphatic heterocycles. The van der Waals surface area contributed by atoms with Crippen LogP contribution in [0.1, 0.15) is 23.0 Å². The molecule has 1 aromatic heterocycles. The number of para-hydroxylation sites is 1. The number of hydrogen-bond acceptors (Lipinski definition) is 4. The number of halogens is 1. The highest BCUT2D eigenvalue weighted by Crippen LogP contribution is 2.17. The Morgan fingerprint density at radius 1 is 1.27 bits per heavy atom. The Morgan fingerprint density at radius 2 is 2.04 bits per heavy atom. The first-order valence-corrected chi connectivity index (χ1v) is 8.15. The molecule has 0 aliphatic rings. The molecule has 26 heavy (non-hydrogen) atoms. The number of amides is 1. The van der Waals surface area contributed by atoms with Gasteiger partial charge in [-0.25, -0.2) is 4.39 Å². The quantitative estimate of drug-likeness (QED) is 0.763. The van der Waals surface area contributed by atoms with Gasteiger partial charge >= 0.3 is 0 Å². The molecule has 0 bridgehead atoms. The van der Waals surface area contributed by atoms with Crippen LogP contribution in [0.25, 0.3) is 10.9 Å². The Morgan fingerprint density at radius 3 is 2.77 bits per heavy atom. The zero-order valence-electron chi connectivity index (χ0n) is 14.5. The van der Waals surface area contributed by atoms with Crippen molar-refractivity contribution in [2.45, 2.75) is 20.0 Å². The maximum atomic E-state index is 13.6. The molecule has 1 heterocycles. The highest BCUT2D eigenvalue weighted by Gasteiger charge is 2.18. The summed E-state index contributed by atoms with van der Waals surface area (Å²) in [6.07, 6.45) is 0. The van der Waals surface area contributed by atoms with Crippen LogP contribution in [0.15, 0.2) is 47.3 Å². The number of aryl methyl sites for hydroxylation is 1. The smallest absolute Gasteiger partial charge is 0.276 e. The third kappa shape index (κ3) is 3.28. The van der Waals surface area contributed by atoms with Gasteiger partial charge < -0.3 is 10.1 Å². The molecule has 0 saturated heterocycles. The van der Waals surface area contributed by atoms with E-state index in [0.717, 1.165) is 11.6 Å². The van der Waals surface area contributed by atoms with Gasteiger partial charge in [-0.2, -0.15) is 5.10 Å². The fourth-order valence-electron chi connectivity index (χ4n) is 2.76. The first-order chi connectivity index (χ1) is 12.5. The second-order valence-electron chi connectivity index (χ2n) is 5.65. The number of carbonyl (C=O) groups excluding carboxylic acids is 1. The summed E-state index contributed by atoms with van der Waals surface area (Å²) in [5.74, 6) is -0.523. The first-order valence-electron chi connectivity index (χ1n) is 8.15. The van der Waals surface area contributed by atoms with E-state index in [4.69, 9.17) is 4.74 Å². The fraction of sp³-hybridized carbons (Fsp3) is 0.211. The number of carbonyl (C=O) groups is 1. The molecule has 0 aliphatic carbocycles. The summed E-state index contributed by atoms with van der Waals surface area (Å²) in [7, 11) is 1.54. The van der Waals surface area contributed by atoms with E-state index in [1.165, 1.54) is 16.8 Å². The lowest BCUT2D eigenvalue weighted by Gasteiger charge is -2.11. The fourth-order valence-corrected chi connectivity index (χ4v) is 2.76. The molecule has 0 saturated carbocycles. The van der Waals surface area contributed by atoms with Gasteiger partial charge in [-0.05, 0) is 31.2 Å². The Hall–Kier alpha value is -3.22. The number of methoxy groups -OCH3 is 1. The minimum absolute atomic E-state index is 0.129. The van der Waals surface area contributed by atoms with Crippen LogP contribution in [0.2, 0.25) is 0 Å². The molecule has 0 atom stereocenters. The number of aromatic nitrogens is 2. The lowest BCUT2D eigenvalue weighted by molar-refractivity contribution is 0.0942. The number of rotatable bonds is 5. The summed E-state index contributed by atoms with van der Waals surface area (Å²) < 4.78 is 20.3. The number of hydrogen-bond donors (Lipinski definition) is 1. The van der Waals surface area contributed by atoms with Gasteiger partial charge in [-0.1, -0.05) is 18.2 Å². The summed E-state index contributed by atoms with van der Waals surface area (Å²) in [4.78, 5) is 25.1. The van der Waals surface area contributed by atoms with E-state index in [1.807, 2.05) is 25.1 Å². The molecule has 1 N–H and O–H groups in total. The van der Waals surface area contributed by atoms with Crippen LogP contribution in [0.4, 0.5) is 4.39 Å². The third-order valence-corrected chi connectivity index (χ3v) is 4.06. The normalized spacial score (nSPS) is 10.7. The van der Waals surface area contributed by atoms with E-state index in [9.17, 15) is 14.0 Å². The number of fused-ring (bicyclic) bond motifs is 1. The number of nitrogens with one attached hydrogen (secondary N) is 1. The Bertz CT molecular complexity index is 1030. The Balaban J connectivity index is 1.95. The molecule has 0 radical (unpaired) electrons. The van der Waals surface area contributed by atoms with Gasteiger partial charge in [-0.3, -0.25) is 14.3 Å². The van der Waals surface area contributed by atoms with E-state index in [-0.39, 0.29) is 17.6 Å². The molecule has 2 aromatic carbocycles. The number of ether oxygens (including phenoxy) is 1. The standard InChI is InChI=1S/C19H18FN3O3/c1-3-23-15-9-8-13(20)10-14(15)18(24)17(22-23)19(25)21-11-12-6-4-5-7-16(12)26-2/h4-10H,3,11H2,1-2H3,(H,21,25). The summed E-state index contributed by atoms with van der Waals surface area (Å²) in [6.45, 7) is 2.45. The molecule has 0 spiro atoms. The van der Waals surface area contributed by atoms with Crippen LogP contribution < -0.4 is 15.5 Å². The van der Waals surface area contributed by atoms with Crippen molar-refractivity contribution in [3.05, 3.63) is 69.8 Å². The summed E-state index contributed by atoms with van der Waals surface area (Å²) in [5.41, 5.74) is 0.396.